The highest BCUT2D eigenvalue weighted by Crippen LogP contribution is 2.25. The Morgan fingerprint density at radius 2 is 2.08 bits per heavy atom. The number of methoxy groups -OCH3 is 1. The minimum Gasteiger partial charge on any atom is -0.495 e. The predicted octanol–water partition coefficient (Wildman–Crippen LogP) is 3.50. The van der Waals surface area contributed by atoms with Crippen molar-refractivity contribution in [3.8, 4) is 5.75 Å². The van der Waals surface area contributed by atoms with E-state index in [1.165, 1.54) is 24.0 Å². The van der Waals surface area contributed by atoms with Gasteiger partial charge in [0, 0.05) is 31.5 Å². The Bertz CT molecular complexity index is 642. The van der Waals surface area contributed by atoms with Gasteiger partial charge in [-0.3, -0.25) is 9.88 Å². The fourth-order valence-corrected chi connectivity index (χ4v) is 3.41. The number of aromatic nitrogens is 1. The molecule has 5 heteroatoms. The van der Waals surface area contributed by atoms with Crippen LogP contribution in [-0.4, -0.2) is 36.1 Å². The predicted molar refractivity (Wildman–Crippen MR) is 97.4 cm³/mol. The van der Waals surface area contributed by atoms with E-state index >= 15 is 0 Å². The van der Waals surface area contributed by atoms with E-state index in [-0.39, 0.29) is 0 Å². The summed E-state index contributed by atoms with van der Waals surface area (Å²) in [4.78, 5) is 6.69. The number of piperidine rings is 1. The van der Waals surface area contributed by atoms with Gasteiger partial charge in [-0.15, -0.1) is 0 Å². The van der Waals surface area contributed by atoms with Crippen molar-refractivity contribution in [1.82, 2.24) is 15.2 Å². The number of rotatable bonds is 6. The Morgan fingerprint density at radius 1 is 1.25 bits per heavy atom. The van der Waals surface area contributed by atoms with Gasteiger partial charge in [0.25, 0.3) is 0 Å². The third-order valence-electron chi connectivity index (χ3n) is 4.53. The van der Waals surface area contributed by atoms with Gasteiger partial charge < -0.3 is 10.1 Å². The van der Waals surface area contributed by atoms with Crippen LogP contribution in [0.15, 0.2) is 42.7 Å². The van der Waals surface area contributed by atoms with Crippen molar-refractivity contribution in [2.45, 2.75) is 32.0 Å². The largest absolute Gasteiger partial charge is 0.495 e. The number of hydrogen-bond donors (Lipinski definition) is 1. The van der Waals surface area contributed by atoms with E-state index in [9.17, 15) is 0 Å². The Balaban J connectivity index is 1.43. The molecule has 2 heterocycles. The van der Waals surface area contributed by atoms with Gasteiger partial charge in [-0.1, -0.05) is 23.7 Å². The van der Waals surface area contributed by atoms with Crippen LogP contribution in [0.1, 0.15) is 24.0 Å². The lowest BCUT2D eigenvalue weighted by Gasteiger charge is -2.32. The molecule has 1 fully saturated rings. The van der Waals surface area contributed by atoms with Crippen LogP contribution in [0.5, 0.6) is 5.75 Å². The van der Waals surface area contributed by atoms with Gasteiger partial charge in [-0.25, -0.2) is 0 Å². The zero-order valence-corrected chi connectivity index (χ0v) is 14.8. The summed E-state index contributed by atoms with van der Waals surface area (Å²) in [7, 11) is 1.64. The summed E-state index contributed by atoms with van der Waals surface area (Å²) >= 11 is 6.18. The van der Waals surface area contributed by atoms with Crippen LogP contribution in [0, 0.1) is 0 Å². The second-order valence-corrected chi connectivity index (χ2v) is 6.67. The summed E-state index contributed by atoms with van der Waals surface area (Å²) in [5.74, 6) is 0.726. The number of nitrogens with one attached hydrogen (secondary N) is 1. The molecule has 1 aromatic carbocycles. The average Bonchev–Trinajstić information content (AvgIpc) is 2.62. The highest BCUT2D eigenvalue weighted by atomic mass is 35.5. The van der Waals surface area contributed by atoms with Crippen molar-refractivity contribution in [2.24, 2.45) is 0 Å². The molecule has 2 aromatic rings. The molecular formula is C19H24ClN3O. The SMILES string of the molecule is COc1ccc(CNC2CCN(Cc3cccnc3)CC2)cc1Cl. The van der Waals surface area contributed by atoms with Crippen molar-refractivity contribution in [2.75, 3.05) is 20.2 Å². The van der Waals surface area contributed by atoms with Crippen molar-refractivity contribution < 1.29 is 4.74 Å². The molecule has 3 rings (SSSR count). The van der Waals surface area contributed by atoms with Gasteiger partial charge in [0.2, 0.25) is 0 Å². The average molecular weight is 346 g/mol. The smallest absolute Gasteiger partial charge is 0.137 e. The number of pyridine rings is 1. The number of nitrogens with zero attached hydrogens (tertiary/aromatic N) is 2. The van der Waals surface area contributed by atoms with Crippen LogP contribution >= 0.6 is 11.6 Å². The van der Waals surface area contributed by atoms with E-state index in [0.717, 1.165) is 31.9 Å². The molecule has 0 radical (unpaired) electrons. The van der Waals surface area contributed by atoms with E-state index < -0.39 is 0 Å². The number of hydrogen-bond acceptors (Lipinski definition) is 4. The lowest BCUT2D eigenvalue weighted by molar-refractivity contribution is 0.190. The normalized spacial score (nSPS) is 16.2. The summed E-state index contributed by atoms with van der Waals surface area (Å²) in [5.41, 5.74) is 2.48. The zero-order chi connectivity index (χ0) is 16.8. The maximum Gasteiger partial charge on any atom is 0.137 e. The van der Waals surface area contributed by atoms with Crippen LogP contribution in [-0.2, 0) is 13.1 Å². The van der Waals surface area contributed by atoms with Crippen molar-refractivity contribution in [1.29, 1.82) is 0 Å². The Kier molecular flexibility index (Phi) is 6.07. The number of benzene rings is 1. The first-order valence-electron chi connectivity index (χ1n) is 8.41. The van der Waals surface area contributed by atoms with Gasteiger partial charge >= 0.3 is 0 Å². The molecule has 0 spiro atoms. The fourth-order valence-electron chi connectivity index (χ4n) is 3.13. The summed E-state index contributed by atoms with van der Waals surface area (Å²) in [6.45, 7) is 4.08. The van der Waals surface area contributed by atoms with Crippen molar-refractivity contribution >= 4 is 11.6 Å². The Labute approximate surface area is 148 Å². The molecule has 0 aliphatic carbocycles. The van der Waals surface area contributed by atoms with E-state index in [1.807, 2.05) is 30.6 Å². The number of ether oxygens (including phenoxy) is 1. The van der Waals surface area contributed by atoms with E-state index in [0.29, 0.717) is 11.1 Å². The molecule has 1 aliphatic heterocycles. The topological polar surface area (TPSA) is 37.4 Å². The van der Waals surface area contributed by atoms with Crippen LogP contribution in [0.4, 0.5) is 0 Å². The monoisotopic (exact) mass is 345 g/mol. The standard InChI is InChI=1S/C19H24ClN3O/c1-24-19-5-4-15(11-18(19)20)13-22-17-6-9-23(10-7-17)14-16-3-2-8-21-12-16/h2-5,8,11-12,17,22H,6-7,9-10,13-14H2,1H3. The van der Waals surface area contributed by atoms with Crippen molar-refractivity contribution in [3.63, 3.8) is 0 Å². The quantitative estimate of drug-likeness (QED) is 0.869. The third kappa shape index (κ3) is 4.69. The number of halogens is 1. The second kappa shape index (κ2) is 8.47. The molecule has 0 unspecified atom stereocenters. The first kappa shape index (κ1) is 17.2. The maximum atomic E-state index is 6.18. The van der Waals surface area contributed by atoms with Gasteiger partial charge in [0.05, 0.1) is 12.1 Å². The van der Waals surface area contributed by atoms with E-state index in [1.54, 1.807) is 7.11 Å². The van der Waals surface area contributed by atoms with E-state index in [4.69, 9.17) is 16.3 Å². The molecule has 128 valence electrons. The van der Waals surface area contributed by atoms with Crippen LogP contribution in [0.3, 0.4) is 0 Å². The summed E-state index contributed by atoms with van der Waals surface area (Å²) < 4.78 is 5.19. The maximum absolute atomic E-state index is 6.18. The summed E-state index contributed by atoms with van der Waals surface area (Å²) in [5, 5.41) is 4.32. The molecule has 4 nitrogen and oxygen atoms in total. The third-order valence-corrected chi connectivity index (χ3v) is 4.82. The molecular weight excluding hydrogens is 322 g/mol. The van der Waals surface area contributed by atoms with Gasteiger partial charge in [-0.2, -0.15) is 0 Å². The Morgan fingerprint density at radius 3 is 2.75 bits per heavy atom. The Hall–Kier alpha value is -1.62. The molecule has 0 saturated carbocycles. The summed E-state index contributed by atoms with van der Waals surface area (Å²) in [6.07, 6.45) is 6.12. The van der Waals surface area contributed by atoms with Crippen LogP contribution in [0.2, 0.25) is 5.02 Å². The minimum absolute atomic E-state index is 0.566. The molecule has 0 bridgehead atoms. The van der Waals surface area contributed by atoms with E-state index in [2.05, 4.69) is 27.3 Å². The van der Waals surface area contributed by atoms with Gasteiger partial charge in [-0.05, 0) is 55.3 Å². The number of likely N-dealkylation sites (tertiary alicyclic amines) is 1. The lowest BCUT2D eigenvalue weighted by Crippen LogP contribution is -2.41. The minimum atomic E-state index is 0.566. The zero-order valence-electron chi connectivity index (χ0n) is 14.0. The second-order valence-electron chi connectivity index (χ2n) is 6.26. The molecule has 1 aliphatic rings. The molecule has 1 aromatic heterocycles. The highest BCUT2D eigenvalue weighted by molar-refractivity contribution is 6.32. The van der Waals surface area contributed by atoms with Gasteiger partial charge in [0.1, 0.15) is 5.75 Å². The molecule has 0 amide bonds. The van der Waals surface area contributed by atoms with Crippen LogP contribution in [0.25, 0.3) is 0 Å². The first-order valence-corrected chi connectivity index (χ1v) is 8.79. The molecule has 1 saturated heterocycles. The lowest BCUT2D eigenvalue weighted by atomic mass is 10.0. The highest BCUT2D eigenvalue weighted by Gasteiger charge is 2.18. The molecule has 1 N–H and O–H groups in total. The molecule has 0 atom stereocenters. The fraction of sp³-hybridized carbons (Fsp3) is 0.421. The first-order chi connectivity index (χ1) is 11.7. The van der Waals surface area contributed by atoms with Crippen molar-refractivity contribution in [3.05, 3.63) is 58.9 Å². The summed E-state index contributed by atoms with van der Waals surface area (Å²) in [6, 6.07) is 10.7. The van der Waals surface area contributed by atoms with Crippen LogP contribution < -0.4 is 10.1 Å². The van der Waals surface area contributed by atoms with Gasteiger partial charge in [0.15, 0.2) is 0 Å². The molecule has 24 heavy (non-hydrogen) atoms.